The number of rotatable bonds is 8. The molecule has 9 heteroatoms. The van der Waals surface area contributed by atoms with Gasteiger partial charge in [-0.25, -0.2) is 0 Å². The molecular formula is C33H34N2O7. The van der Waals surface area contributed by atoms with Gasteiger partial charge in [0.25, 0.3) is 5.91 Å². The second-order valence-corrected chi connectivity index (χ2v) is 10.2. The van der Waals surface area contributed by atoms with Crippen LogP contribution in [0.3, 0.4) is 0 Å². The minimum atomic E-state index is -0.716. The number of ether oxygens (including phenoxy) is 4. The summed E-state index contributed by atoms with van der Waals surface area (Å²) in [6.45, 7) is 1.82. The van der Waals surface area contributed by atoms with Crippen LogP contribution >= 0.6 is 0 Å². The summed E-state index contributed by atoms with van der Waals surface area (Å²) in [5.41, 5.74) is 4.30. The van der Waals surface area contributed by atoms with E-state index in [9.17, 15) is 14.7 Å². The minimum absolute atomic E-state index is 0.0794. The Kier molecular flexibility index (Phi) is 8.10. The lowest BCUT2D eigenvalue weighted by molar-refractivity contribution is -0.116. The van der Waals surface area contributed by atoms with Crippen molar-refractivity contribution in [3.63, 3.8) is 0 Å². The average Bonchev–Trinajstić information content (AvgIpc) is 2.99. The fourth-order valence-corrected chi connectivity index (χ4v) is 5.84. The van der Waals surface area contributed by atoms with E-state index in [1.807, 2.05) is 31.2 Å². The van der Waals surface area contributed by atoms with Crippen molar-refractivity contribution in [2.24, 2.45) is 0 Å². The number of hydrogen-bond donors (Lipinski definition) is 3. The van der Waals surface area contributed by atoms with E-state index in [1.165, 1.54) is 14.2 Å². The molecule has 1 heterocycles. The molecule has 0 fully saturated rings. The summed E-state index contributed by atoms with van der Waals surface area (Å²) in [6.07, 6.45) is 0.795. The lowest BCUT2D eigenvalue weighted by Crippen LogP contribution is -2.37. The number of benzene rings is 3. The quantitative estimate of drug-likeness (QED) is 0.329. The molecule has 42 heavy (non-hydrogen) atoms. The smallest absolute Gasteiger partial charge is 0.254 e. The van der Waals surface area contributed by atoms with Gasteiger partial charge in [-0.1, -0.05) is 24.3 Å². The lowest BCUT2D eigenvalue weighted by Gasteiger charge is -2.37. The molecule has 218 valence electrons. The highest BCUT2D eigenvalue weighted by molar-refractivity contribution is 6.10. The Morgan fingerprint density at radius 2 is 1.50 bits per heavy atom. The van der Waals surface area contributed by atoms with E-state index in [1.54, 1.807) is 50.6 Å². The summed E-state index contributed by atoms with van der Waals surface area (Å²) >= 11 is 0. The van der Waals surface area contributed by atoms with E-state index in [0.29, 0.717) is 57.5 Å². The molecule has 0 aromatic heterocycles. The highest BCUT2D eigenvalue weighted by Gasteiger charge is 2.41. The molecule has 9 nitrogen and oxygen atoms in total. The van der Waals surface area contributed by atoms with E-state index in [0.717, 1.165) is 11.3 Å². The third-order valence-electron chi connectivity index (χ3n) is 7.84. The van der Waals surface area contributed by atoms with Gasteiger partial charge in [0.05, 0.1) is 34.1 Å². The summed E-state index contributed by atoms with van der Waals surface area (Å²) in [6, 6.07) is 17.8. The van der Waals surface area contributed by atoms with Crippen LogP contribution in [0, 0.1) is 0 Å². The van der Waals surface area contributed by atoms with E-state index >= 15 is 0 Å². The van der Waals surface area contributed by atoms with Crippen LogP contribution in [0.1, 0.15) is 42.7 Å². The van der Waals surface area contributed by atoms with Crippen molar-refractivity contribution in [2.45, 2.75) is 31.6 Å². The van der Waals surface area contributed by atoms with Crippen LogP contribution < -0.4 is 29.6 Å². The molecule has 2 aliphatic rings. The Hall–Kier alpha value is -4.92. The number of para-hydroxylation sites is 2. The number of dihydropyridines is 1. The van der Waals surface area contributed by atoms with Gasteiger partial charge in [-0.15, -0.1) is 0 Å². The Bertz CT molecular complexity index is 1610. The molecule has 3 N–H and O–H groups in total. The highest BCUT2D eigenvalue weighted by Crippen LogP contribution is 2.47. The van der Waals surface area contributed by atoms with Crippen LogP contribution in [0.4, 0.5) is 5.69 Å². The number of nitrogens with one attached hydrogen (secondary N) is 2. The molecule has 1 amide bonds. The second-order valence-electron chi connectivity index (χ2n) is 10.2. The number of Topliss-reactive ketones (excluding diaryl/α,β-unsaturated/α-hetero) is 1. The summed E-state index contributed by atoms with van der Waals surface area (Å²) in [5.74, 6) is 0.648. The maximum absolute atomic E-state index is 14.0. The summed E-state index contributed by atoms with van der Waals surface area (Å²) in [7, 11) is 6.17. The molecular weight excluding hydrogens is 536 g/mol. The van der Waals surface area contributed by atoms with Crippen molar-refractivity contribution < 1.29 is 33.6 Å². The van der Waals surface area contributed by atoms with Crippen molar-refractivity contribution in [3.8, 4) is 28.7 Å². The maximum atomic E-state index is 14.0. The van der Waals surface area contributed by atoms with Gasteiger partial charge in [-0.2, -0.15) is 0 Å². The zero-order valence-electron chi connectivity index (χ0n) is 24.2. The molecule has 0 saturated carbocycles. The van der Waals surface area contributed by atoms with E-state index in [-0.39, 0.29) is 29.8 Å². The molecule has 1 aliphatic heterocycles. The number of carbonyl (C=O) groups excluding carboxylic acids is 2. The minimum Gasteiger partial charge on any atom is -0.504 e. The summed E-state index contributed by atoms with van der Waals surface area (Å²) in [4.78, 5) is 27.9. The molecule has 3 aromatic carbocycles. The van der Waals surface area contributed by atoms with Crippen LogP contribution in [0.5, 0.6) is 28.7 Å². The number of aromatic hydroxyl groups is 1. The molecule has 2 atom stereocenters. The third kappa shape index (κ3) is 5.25. The molecule has 5 rings (SSSR count). The molecule has 0 radical (unpaired) electrons. The zero-order valence-corrected chi connectivity index (χ0v) is 24.2. The lowest BCUT2D eigenvalue weighted by atomic mass is 9.71. The topological polar surface area (TPSA) is 115 Å². The first-order chi connectivity index (χ1) is 20.3. The largest absolute Gasteiger partial charge is 0.504 e. The SMILES string of the molecule is COc1ccc(C2C(C(=O)Nc3ccccc3OC)=C(C)NC3=C2C(=O)CC(c2ccc(OC)c(OC)c2)C3)cc1O. The maximum Gasteiger partial charge on any atom is 0.254 e. The highest BCUT2D eigenvalue weighted by atomic mass is 16.5. The standard InChI is InChI=1S/C33H34N2O7/c1-18-30(33(38)35-22-8-6-7-9-26(22)39-2)31(20-11-12-27(40-3)24(36)15-20)32-23(34-18)14-21(16-25(32)37)19-10-13-28(41-4)29(17-19)42-5/h6-13,15,17,21,31,34,36H,14,16H2,1-5H3,(H,35,38). The fraction of sp³-hybridized carbons (Fsp3) is 0.273. The Morgan fingerprint density at radius 3 is 2.19 bits per heavy atom. The van der Waals surface area contributed by atoms with E-state index in [4.69, 9.17) is 18.9 Å². The number of anilines is 1. The predicted molar refractivity (Wildman–Crippen MR) is 158 cm³/mol. The molecule has 1 aliphatic carbocycles. The van der Waals surface area contributed by atoms with Gasteiger partial charge in [0.2, 0.25) is 0 Å². The van der Waals surface area contributed by atoms with Crippen molar-refractivity contribution in [2.75, 3.05) is 33.8 Å². The van der Waals surface area contributed by atoms with Crippen molar-refractivity contribution >= 4 is 17.4 Å². The Labute approximate surface area is 244 Å². The molecule has 2 unspecified atom stereocenters. The van der Waals surface area contributed by atoms with Gasteiger partial charge in [0, 0.05) is 34.9 Å². The number of phenolic OH excluding ortho intramolecular Hbond substituents is 1. The fourth-order valence-electron chi connectivity index (χ4n) is 5.84. The first-order valence-electron chi connectivity index (χ1n) is 13.6. The summed E-state index contributed by atoms with van der Waals surface area (Å²) in [5, 5.41) is 17.0. The van der Waals surface area contributed by atoms with Crippen LogP contribution in [-0.4, -0.2) is 45.2 Å². The number of phenols is 1. The number of amides is 1. The second kappa shape index (κ2) is 11.9. The van der Waals surface area contributed by atoms with Gasteiger partial charge in [0.15, 0.2) is 28.8 Å². The van der Waals surface area contributed by atoms with E-state index < -0.39 is 5.92 Å². The third-order valence-corrected chi connectivity index (χ3v) is 7.84. The van der Waals surface area contributed by atoms with Gasteiger partial charge in [-0.05, 0) is 66.8 Å². The van der Waals surface area contributed by atoms with Crippen LogP contribution in [-0.2, 0) is 9.59 Å². The van der Waals surface area contributed by atoms with Crippen LogP contribution in [0.2, 0.25) is 0 Å². The van der Waals surface area contributed by atoms with Crippen molar-refractivity contribution in [3.05, 3.63) is 94.3 Å². The zero-order chi connectivity index (χ0) is 30.0. The Balaban J connectivity index is 1.57. The van der Waals surface area contributed by atoms with Gasteiger partial charge in [0.1, 0.15) is 5.75 Å². The normalized spacial score (nSPS) is 18.2. The number of allylic oxidation sites excluding steroid dienone is 3. The monoisotopic (exact) mass is 570 g/mol. The molecule has 0 bridgehead atoms. The molecule has 0 saturated heterocycles. The summed E-state index contributed by atoms with van der Waals surface area (Å²) < 4.78 is 21.6. The Morgan fingerprint density at radius 1 is 0.833 bits per heavy atom. The van der Waals surface area contributed by atoms with E-state index in [2.05, 4.69) is 10.6 Å². The van der Waals surface area contributed by atoms with Gasteiger partial charge >= 0.3 is 0 Å². The van der Waals surface area contributed by atoms with Crippen LogP contribution in [0.25, 0.3) is 0 Å². The first-order valence-corrected chi connectivity index (χ1v) is 13.6. The van der Waals surface area contributed by atoms with Crippen LogP contribution in [0.15, 0.2) is 83.2 Å². The molecule has 3 aromatic rings. The molecule has 0 spiro atoms. The number of hydrogen-bond acceptors (Lipinski definition) is 8. The predicted octanol–water partition coefficient (Wildman–Crippen LogP) is 5.43. The number of methoxy groups -OCH3 is 4. The first kappa shape index (κ1) is 28.6. The average molecular weight is 571 g/mol. The number of ketones is 1. The van der Waals surface area contributed by atoms with Gasteiger partial charge < -0.3 is 34.7 Å². The van der Waals surface area contributed by atoms with Gasteiger partial charge in [-0.3, -0.25) is 9.59 Å². The van der Waals surface area contributed by atoms with Crippen molar-refractivity contribution in [1.29, 1.82) is 0 Å². The number of carbonyl (C=O) groups is 2. The van der Waals surface area contributed by atoms with Crippen molar-refractivity contribution in [1.82, 2.24) is 5.32 Å².